The molecule has 0 atom stereocenters. The molecule has 0 aliphatic heterocycles. The second-order valence-electron chi connectivity index (χ2n) is 4.78. The first-order chi connectivity index (χ1) is 8.52. The number of carbonyl (C=O) groups excluding carboxylic acids is 1. The Labute approximate surface area is 110 Å². The van der Waals surface area contributed by atoms with Crippen LogP contribution in [0.15, 0.2) is 18.2 Å². The molecule has 1 aromatic rings. The molecule has 0 aliphatic rings. The Morgan fingerprint density at radius 2 is 2.06 bits per heavy atom. The lowest BCUT2D eigenvalue weighted by Crippen LogP contribution is -2.26. The van der Waals surface area contributed by atoms with E-state index in [1.807, 2.05) is 45.9 Å². The molecule has 1 amide bonds. The Kier molecular flexibility index (Phi) is 5.86. The van der Waals surface area contributed by atoms with Crippen LogP contribution in [0.2, 0.25) is 0 Å². The van der Waals surface area contributed by atoms with Crippen LogP contribution in [0.4, 0.5) is 0 Å². The number of hydrogen-bond donors (Lipinski definition) is 1. The maximum Gasteiger partial charge on any atom is 0.251 e. The van der Waals surface area contributed by atoms with Gasteiger partial charge in [-0.15, -0.1) is 0 Å². The molecule has 3 nitrogen and oxygen atoms in total. The third-order valence-electron chi connectivity index (χ3n) is 2.91. The van der Waals surface area contributed by atoms with E-state index in [1.54, 1.807) is 0 Å². The average molecular weight is 249 g/mol. The van der Waals surface area contributed by atoms with Gasteiger partial charge in [-0.1, -0.05) is 12.1 Å². The first-order valence-corrected chi connectivity index (χ1v) is 6.48. The van der Waals surface area contributed by atoms with Crippen molar-refractivity contribution in [2.75, 3.05) is 13.2 Å². The molecular formula is C15H23NO2. The summed E-state index contributed by atoms with van der Waals surface area (Å²) >= 11 is 0. The topological polar surface area (TPSA) is 38.3 Å². The van der Waals surface area contributed by atoms with Gasteiger partial charge in [-0.05, 0) is 51.3 Å². The standard InChI is InChI=1S/C15H23NO2/c1-11(2)18-10-6-9-16-15(17)14-8-5-7-12(3)13(14)4/h5,7-8,11H,6,9-10H2,1-4H3,(H,16,17). The van der Waals surface area contributed by atoms with E-state index in [2.05, 4.69) is 5.32 Å². The summed E-state index contributed by atoms with van der Waals surface area (Å²) < 4.78 is 5.42. The maximum atomic E-state index is 12.0. The van der Waals surface area contributed by atoms with Gasteiger partial charge >= 0.3 is 0 Å². The number of aryl methyl sites for hydroxylation is 1. The van der Waals surface area contributed by atoms with Gasteiger partial charge in [-0.3, -0.25) is 4.79 Å². The van der Waals surface area contributed by atoms with Gasteiger partial charge in [0, 0.05) is 18.7 Å². The van der Waals surface area contributed by atoms with Gasteiger partial charge < -0.3 is 10.1 Å². The van der Waals surface area contributed by atoms with E-state index in [4.69, 9.17) is 4.74 Å². The zero-order valence-corrected chi connectivity index (χ0v) is 11.7. The fourth-order valence-corrected chi connectivity index (χ4v) is 1.69. The fourth-order valence-electron chi connectivity index (χ4n) is 1.69. The van der Waals surface area contributed by atoms with Gasteiger partial charge in [0.2, 0.25) is 0 Å². The predicted octanol–water partition coefficient (Wildman–Crippen LogP) is 2.85. The van der Waals surface area contributed by atoms with Crippen molar-refractivity contribution in [1.82, 2.24) is 5.32 Å². The summed E-state index contributed by atoms with van der Waals surface area (Å²) in [4.78, 5) is 12.0. The molecular weight excluding hydrogens is 226 g/mol. The number of hydrogen-bond acceptors (Lipinski definition) is 2. The van der Waals surface area contributed by atoms with Crippen LogP contribution in [-0.4, -0.2) is 25.2 Å². The average Bonchev–Trinajstić information content (AvgIpc) is 2.31. The lowest BCUT2D eigenvalue weighted by molar-refractivity contribution is 0.0757. The number of amides is 1. The quantitative estimate of drug-likeness (QED) is 0.787. The van der Waals surface area contributed by atoms with Crippen molar-refractivity contribution in [2.24, 2.45) is 0 Å². The van der Waals surface area contributed by atoms with Gasteiger partial charge in [-0.2, -0.15) is 0 Å². The largest absolute Gasteiger partial charge is 0.379 e. The molecule has 0 unspecified atom stereocenters. The monoisotopic (exact) mass is 249 g/mol. The van der Waals surface area contributed by atoms with Crippen molar-refractivity contribution >= 4 is 5.91 Å². The third-order valence-corrected chi connectivity index (χ3v) is 2.91. The van der Waals surface area contributed by atoms with Crippen molar-refractivity contribution in [2.45, 2.75) is 40.2 Å². The van der Waals surface area contributed by atoms with E-state index in [0.29, 0.717) is 13.2 Å². The molecule has 0 spiro atoms. The summed E-state index contributed by atoms with van der Waals surface area (Å²) in [7, 11) is 0. The van der Waals surface area contributed by atoms with Crippen LogP contribution in [0.5, 0.6) is 0 Å². The van der Waals surface area contributed by atoms with E-state index in [0.717, 1.165) is 23.1 Å². The highest BCUT2D eigenvalue weighted by Crippen LogP contribution is 2.12. The number of nitrogens with one attached hydrogen (secondary N) is 1. The molecule has 0 saturated carbocycles. The zero-order chi connectivity index (χ0) is 13.5. The van der Waals surface area contributed by atoms with Gasteiger partial charge in [0.05, 0.1) is 6.10 Å². The second-order valence-corrected chi connectivity index (χ2v) is 4.78. The molecule has 1 N–H and O–H groups in total. The molecule has 0 fully saturated rings. The highest BCUT2D eigenvalue weighted by molar-refractivity contribution is 5.95. The molecule has 0 bridgehead atoms. The Morgan fingerprint density at radius 3 is 2.72 bits per heavy atom. The lowest BCUT2D eigenvalue weighted by Gasteiger charge is -2.10. The SMILES string of the molecule is Cc1cccc(C(=O)NCCCOC(C)C)c1C. The summed E-state index contributed by atoms with van der Waals surface area (Å²) in [6.07, 6.45) is 1.09. The summed E-state index contributed by atoms with van der Waals surface area (Å²) in [5.74, 6) is 0.000692. The molecule has 0 aliphatic carbocycles. The molecule has 0 saturated heterocycles. The van der Waals surface area contributed by atoms with Crippen LogP contribution in [-0.2, 0) is 4.74 Å². The summed E-state index contributed by atoms with van der Waals surface area (Å²) in [5, 5.41) is 2.92. The van der Waals surface area contributed by atoms with Crippen LogP contribution in [0.3, 0.4) is 0 Å². The van der Waals surface area contributed by atoms with Crippen molar-refractivity contribution < 1.29 is 9.53 Å². The molecule has 18 heavy (non-hydrogen) atoms. The number of rotatable bonds is 6. The van der Waals surface area contributed by atoms with Gasteiger partial charge in [-0.25, -0.2) is 0 Å². The minimum Gasteiger partial charge on any atom is -0.379 e. The van der Waals surface area contributed by atoms with Crippen molar-refractivity contribution in [3.05, 3.63) is 34.9 Å². The number of carbonyl (C=O) groups is 1. The first kappa shape index (κ1) is 14.7. The second kappa shape index (κ2) is 7.17. The molecule has 1 rings (SSSR count). The van der Waals surface area contributed by atoms with Crippen LogP contribution in [0, 0.1) is 13.8 Å². The van der Waals surface area contributed by atoms with E-state index in [9.17, 15) is 4.79 Å². The smallest absolute Gasteiger partial charge is 0.251 e. The zero-order valence-electron chi connectivity index (χ0n) is 11.7. The third kappa shape index (κ3) is 4.49. The van der Waals surface area contributed by atoms with E-state index in [1.165, 1.54) is 0 Å². The Bertz CT molecular complexity index is 399. The number of ether oxygens (including phenoxy) is 1. The van der Waals surface area contributed by atoms with Gasteiger partial charge in [0.1, 0.15) is 0 Å². The van der Waals surface area contributed by atoms with Crippen LogP contribution in [0.1, 0.15) is 41.8 Å². The normalized spacial score (nSPS) is 10.7. The molecule has 0 aromatic heterocycles. The summed E-state index contributed by atoms with van der Waals surface area (Å²) in [6.45, 7) is 9.35. The van der Waals surface area contributed by atoms with Crippen molar-refractivity contribution in [3.8, 4) is 0 Å². The summed E-state index contributed by atoms with van der Waals surface area (Å²) in [6, 6.07) is 5.80. The Hall–Kier alpha value is -1.35. The van der Waals surface area contributed by atoms with E-state index >= 15 is 0 Å². The van der Waals surface area contributed by atoms with Crippen molar-refractivity contribution in [1.29, 1.82) is 0 Å². The molecule has 0 heterocycles. The highest BCUT2D eigenvalue weighted by Gasteiger charge is 2.08. The maximum absolute atomic E-state index is 12.0. The predicted molar refractivity (Wildman–Crippen MR) is 74.0 cm³/mol. The molecule has 1 aromatic carbocycles. The van der Waals surface area contributed by atoms with Gasteiger partial charge in [0.25, 0.3) is 5.91 Å². The van der Waals surface area contributed by atoms with Crippen LogP contribution in [0.25, 0.3) is 0 Å². The highest BCUT2D eigenvalue weighted by atomic mass is 16.5. The minimum atomic E-state index is 0.000692. The van der Waals surface area contributed by atoms with Crippen LogP contribution >= 0.6 is 0 Å². The Balaban J connectivity index is 2.39. The number of benzene rings is 1. The van der Waals surface area contributed by atoms with Crippen LogP contribution < -0.4 is 5.32 Å². The van der Waals surface area contributed by atoms with Crippen molar-refractivity contribution in [3.63, 3.8) is 0 Å². The molecule has 0 radical (unpaired) electrons. The lowest BCUT2D eigenvalue weighted by atomic mass is 10.0. The van der Waals surface area contributed by atoms with Gasteiger partial charge in [0.15, 0.2) is 0 Å². The Morgan fingerprint density at radius 1 is 1.33 bits per heavy atom. The summed E-state index contributed by atoms with van der Waals surface area (Å²) in [5.41, 5.74) is 2.96. The minimum absolute atomic E-state index is 0.000692. The molecule has 100 valence electrons. The van der Waals surface area contributed by atoms with E-state index < -0.39 is 0 Å². The first-order valence-electron chi connectivity index (χ1n) is 6.48. The fraction of sp³-hybridized carbons (Fsp3) is 0.533. The van der Waals surface area contributed by atoms with E-state index in [-0.39, 0.29) is 12.0 Å². The molecule has 3 heteroatoms.